The number of nitrogens with zero attached hydrogens (tertiary/aromatic N) is 2. The van der Waals surface area contributed by atoms with Crippen molar-refractivity contribution in [2.75, 3.05) is 18.0 Å². The Bertz CT molecular complexity index is 942. The van der Waals surface area contributed by atoms with Crippen molar-refractivity contribution >= 4 is 11.6 Å². The second-order valence-electron chi connectivity index (χ2n) is 9.18. The van der Waals surface area contributed by atoms with Crippen molar-refractivity contribution in [2.24, 2.45) is 0 Å². The second kappa shape index (κ2) is 7.12. The predicted molar refractivity (Wildman–Crippen MR) is 111 cm³/mol. The largest absolute Gasteiger partial charge is 0.364 e. The fourth-order valence-corrected chi connectivity index (χ4v) is 5.34. The molecule has 2 aromatic rings. The third-order valence-electron chi connectivity index (χ3n) is 6.61. The maximum Gasteiger partial charge on any atom is 0.227 e. The second-order valence-corrected chi connectivity index (χ2v) is 9.18. The van der Waals surface area contributed by atoms with Crippen LogP contribution in [-0.2, 0) is 11.2 Å². The molecule has 4 rings (SSSR count). The molecule has 154 valence electrons. The minimum absolute atomic E-state index is 0.0918. The number of anilines is 1. The lowest BCUT2D eigenvalue weighted by Crippen LogP contribution is -2.49. The Morgan fingerprint density at radius 2 is 1.86 bits per heavy atom. The topological polar surface area (TPSA) is 23.6 Å². The highest BCUT2D eigenvalue weighted by Crippen LogP contribution is 2.47. The first-order valence-electron chi connectivity index (χ1n) is 10.3. The maximum atomic E-state index is 13.8. The molecule has 1 spiro atoms. The fourth-order valence-electron chi connectivity index (χ4n) is 5.34. The van der Waals surface area contributed by atoms with Gasteiger partial charge in [-0.1, -0.05) is 12.1 Å². The number of amides is 1. The summed E-state index contributed by atoms with van der Waals surface area (Å²) < 4.78 is 27.3. The number of hydrogen-bond donors (Lipinski definition) is 0. The van der Waals surface area contributed by atoms with E-state index in [4.69, 9.17) is 0 Å². The van der Waals surface area contributed by atoms with Crippen LogP contribution in [0.25, 0.3) is 0 Å². The first-order chi connectivity index (χ1) is 13.7. The van der Waals surface area contributed by atoms with Crippen molar-refractivity contribution in [1.82, 2.24) is 4.90 Å². The number of halogens is 2. The highest BCUT2D eigenvalue weighted by Gasteiger charge is 2.54. The molecule has 2 aliphatic heterocycles. The van der Waals surface area contributed by atoms with Crippen LogP contribution in [0.1, 0.15) is 44.2 Å². The molecule has 0 saturated carbocycles. The number of carbonyl (C=O) groups excluding carboxylic acids is 1. The molecule has 5 heteroatoms. The van der Waals surface area contributed by atoms with Crippen molar-refractivity contribution in [3.63, 3.8) is 0 Å². The molecule has 2 aromatic carbocycles. The van der Waals surface area contributed by atoms with Gasteiger partial charge in [-0.2, -0.15) is 0 Å². The van der Waals surface area contributed by atoms with E-state index in [1.807, 2.05) is 17.9 Å². The molecule has 29 heavy (non-hydrogen) atoms. The van der Waals surface area contributed by atoms with Gasteiger partial charge in [0.25, 0.3) is 0 Å². The van der Waals surface area contributed by atoms with Gasteiger partial charge in [-0.3, -0.25) is 4.79 Å². The quantitative estimate of drug-likeness (QED) is 0.737. The Labute approximate surface area is 171 Å². The molecule has 0 aromatic heterocycles. The molecule has 0 N–H and O–H groups in total. The van der Waals surface area contributed by atoms with Crippen LogP contribution >= 0.6 is 0 Å². The molecular formula is C24H28F2N2O. The summed E-state index contributed by atoms with van der Waals surface area (Å²) in [4.78, 5) is 17.6. The van der Waals surface area contributed by atoms with Crippen LogP contribution in [0.15, 0.2) is 42.5 Å². The lowest BCUT2D eigenvalue weighted by atomic mass is 9.87. The summed E-state index contributed by atoms with van der Waals surface area (Å²) in [7, 11) is 0. The summed E-state index contributed by atoms with van der Waals surface area (Å²) in [6.07, 6.45) is 3.07. The lowest BCUT2D eigenvalue weighted by molar-refractivity contribution is -0.134. The highest BCUT2D eigenvalue weighted by atomic mass is 19.1. The van der Waals surface area contributed by atoms with Crippen molar-refractivity contribution in [1.29, 1.82) is 0 Å². The van der Waals surface area contributed by atoms with E-state index in [9.17, 15) is 13.6 Å². The van der Waals surface area contributed by atoms with Gasteiger partial charge >= 0.3 is 0 Å². The van der Waals surface area contributed by atoms with Gasteiger partial charge in [0, 0.05) is 24.3 Å². The molecule has 2 aliphatic rings. The Kier molecular flexibility index (Phi) is 4.88. The minimum Gasteiger partial charge on any atom is -0.364 e. The van der Waals surface area contributed by atoms with E-state index in [-0.39, 0.29) is 35.0 Å². The number of aryl methyl sites for hydroxylation is 1. The standard InChI is InChI=1S/C24H28F2N2O/c1-17-12-20(26)9-8-18(17)13-22(29)27-11-5-10-24(27)15-23(2,3)28(16-24)21-7-4-6-19(25)14-21/h4,6-9,12,14H,5,10-11,13,15-16H2,1-3H3. The van der Waals surface area contributed by atoms with Crippen LogP contribution in [0.4, 0.5) is 14.5 Å². The van der Waals surface area contributed by atoms with Crippen LogP contribution < -0.4 is 4.90 Å². The zero-order chi connectivity index (χ0) is 20.8. The van der Waals surface area contributed by atoms with Gasteiger partial charge in [-0.05, 0) is 81.5 Å². The van der Waals surface area contributed by atoms with E-state index < -0.39 is 0 Å². The normalized spacial score (nSPS) is 23.2. The Hall–Kier alpha value is -2.43. The molecule has 3 nitrogen and oxygen atoms in total. The first kappa shape index (κ1) is 19.9. The summed E-state index contributed by atoms with van der Waals surface area (Å²) in [5.41, 5.74) is 2.13. The number of likely N-dealkylation sites (tertiary alicyclic amines) is 1. The molecule has 1 atom stereocenters. The molecule has 1 unspecified atom stereocenters. The predicted octanol–water partition coefficient (Wildman–Crippen LogP) is 4.87. The molecule has 2 fully saturated rings. The average Bonchev–Trinajstić information content (AvgIpc) is 3.17. The van der Waals surface area contributed by atoms with Crippen LogP contribution in [0.3, 0.4) is 0 Å². The van der Waals surface area contributed by atoms with E-state index in [1.54, 1.807) is 18.2 Å². The third kappa shape index (κ3) is 3.63. The van der Waals surface area contributed by atoms with Crippen molar-refractivity contribution in [3.8, 4) is 0 Å². The Morgan fingerprint density at radius 3 is 2.59 bits per heavy atom. The van der Waals surface area contributed by atoms with Crippen LogP contribution in [0.2, 0.25) is 0 Å². The van der Waals surface area contributed by atoms with Gasteiger partial charge in [0.15, 0.2) is 0 Å². The SMILES string of the molecule is Cc1cc(F)ccc1CC(=O)N1CCCC12CN(c1cccc(F)c1)C(C)(C)C2. The summed E-state index contributed by atoms with van der Waals surface area (Å²) in [6.45, 7) is 7.62. The molecular weight excluding hydrogens is 370 g/mol. The average molecular weight is 398 g/mol. The monoisotopic (exact) mass is 398 g/mol. The zero-order valence-corrected chi connectivity index (χ0v) is 17.3. The van der Waals surface area contributed by atoms with Gasteiger partial charge in [-0.15, -0.1) is 0 Å². The van der Waals surface area contributed by atoms with E-state index in [0.717, 1.165) is 42.6 Å². The number of hydrogen-bond acceptors (Lipinski definition) is 2. The minimum atomic E-state index is -0.278. The van der Waals surface area contributed by atoms with E-state index >= 15 is 0 Å². The molecule has 0 bridgehead atoms. The first-order valence-corrected chi connectivity index (χ1v) is 10.3. The van der Waals surface area contributed by atoms with Crippen LogP contribution in [0.5, 0.6) is 0 Å². The number of rotatable bonds is 3. The van der Waals surface area contributed by atoms with Gasteiger partial charge in [0.05, 0.1) is 12.0 Å². The van der Waals surface area contributed by atoms with Crippen molar-refractivity contribution in [3.05, 3.63) is 65.2 Å². The van der Waals surface area contributed by atoms with Crippen LogP contribution in [-0.4, -0.2) is 35.0 Å². The van der Waals surface area contributed by atoms with Crippen molar-refractivity contribution in [2.45, 2.75) is 57.5 Å². The van der Waals surface area contributed by atoms with Gasteiger partial charge < -0.3 is 9.80 Å². The molecule has 1 amide bonds. The lowest BCUT2D eigenvalue weighted by Gasteiger charge is -2.35. The summed E-state index contributed by atoms with van der Waals surface area (Å²) in [5, 5.41) is 0. The van der Waals surface area contributed by atoms with Crippen LogP contribution in [0, 0.1) is 18.6 Å². The maximum absolute atomic E-state index is 13.8. The molecule has 0 radical (unpaired) electrons. The number of carbonyl (C=O) groups is 1. The number of benzene rings is 2. The summed E-state index contributed by atoms with van der Waals surface area (Å²) >= 11 is 0. The van der Waals surface area contributed by atoms with E-state index in [0.29, 0.717) is 6.54 Å². The van der Waals surface area contributed by atoms with E-state index in [1.165, 1.54) is 18.2 Å². The smallest absolute Gasteiger partial charge is 0.227 e. The molecule has 2 saturated heterocycles. The van der Waals surface area contributed by atoms with Crippen molar-refractivity contribution < 1.29 is 13.6 Å². The Balaban J connectivity index is 1.59. The third-order valence-corrected chi connectivity index (χ3v) is 6.61. The highest BCUT2D eigenvalue weighted by molar-refractivity contribution is 5.80. The molecule has 2 heterocycles. The van der Waals surface area contributed by atoms with Gasteiger partial charge in [-0.25, -0.2) is 8.78 Å². The van der Waals surface area contributed by atoms with Gasteiger partial charge in [0.1, 0.15) is 11.6 Å². The molecule has 0 aliphatic carbocycles. The van der Waals surface area contributed by atoms with Gasteiger partial charge in [0.2, 0.25) is 5.91 Å². The Morgan fingerprint density at radius 1 is 1.10 bits per heavy atom. The zero-order valence-electron chi connectivity index (χ0n) is 17.3. The fraction of sp³-hybridized carbons (Fsp3) is 0.458. The summed E-state index contributed by atoms with van der Waals surface area (Å²) in [6, 6.07) is 11.3. The van der Waals surface area contributed by atoms with E-state index in [2.05, 4.69) is 18.7 Å². The summed E-state index contributed by atoms with van der Waals surface area (Å²) in [5.74, 6) is -0.431.